The number of nitrogens with zero attached hydrogens (tertiary/aromatic N) is 4. The van der Waals surface area contributed by atoms with Crippen molar-refractivity contribution >= 4 is 23.1 Å². The molecule has 1 heterocycles. The molecule has 1 amide bonds. The van der Waals surface area contributed by atoms with Crippen molar-refractivity contribution in [2.24, 2.45) is 0 Å². The number of alkyl halides is 3. The minimum atomic E-state index is -5.79. The standard InChI is InChI=1S/C13H6F7N5O5/c1-3-11(24(27)28)12(25(29)30)22-23(3)2-4(26)21-10-8(16)6(14)5(13(18,19)20)7(15)9(10)17/h2H2,1H3,(H,21,26). The lowest BCUT2D eigenvalue weighted by atomic mass is 10.1. The molecule has 30 heavy (non-hydrogen) atoms. The molecule has 2 aromatic rings. The van der Waals surface area contributed by atoms with E-state index in [1.165, 1.54) is 5.32 Å². The van der Waals surface area contributed by atoms with Crippen LogP contribution >= 0.6 is 0 Å². The molecule has 162 valence electrons. The predicted octanol–water partition coefficient (Wildman–Crippen LogP) is 3.22. The highest BCUT2D eigenvalue weighted by Crippen LogP contribution is 2.38. The summed E-state index contributed by atoms with van der Waals surface area (Å²) in [6.07, 6.45) is -5.79. The number of rotatable bonds is 5. The largest absolute Gasteiger partial charge is 0.468 e. The number of amides is 1. The topological polar surface area (TPSA) is 133 Å². The molecule has 0 radical (unpaired) electrons. The third-order valence-electron chi connectivity index (χ3n) is 3.62. The number of hydrogen-bond donors (Lipinski definition) is 1. The van der Waals surface area contributed by atoms with E-state index in [-0.39, 0.29) is 0 Å². The molecule has 0 spiro atoms. The van der Waals surface area contributed by atoms with E-state index >= 15 is 0 Å². The molecular weight excluding hydrogens is 439 g/mol. The van der Waals surface area contributed by atoms with Gasteiger partial charge in [-0.25, -0.2) is 17.6 Å². The average Bonchev–Trinajstić information content (AvgIpc) is 2.93. The van der Waals surface area contributed by atoms with Crippen LogP contribution in [0.1, 0.15) is 11.3 Å². The zero-order valence-corrected chi connectivity index (χ0v) is 14.2. The zero-order chi connectivity index (χ0) is 23.1. The second-order valence-electron chi connectivity index (χ2n) is 5.48. The lowest BCUT2D eigenvalue weighted by Gasteiger charge is -2.14. The van der Waals surface area contributed by atoms with E-state index < -0.39 is 80.2 Å². The summed E-state index contributed by atoms with van der Waals surface area (Å²) in [7, 11) is 0. The van der Waals surface area contributed by atoms with Gasteiger partial charge in [-0.2, -0.15) is 17.9 Å². The number of nitrogens with one attached hydrogen (secondary N) is 1. The van der Waals surface area contributed by atoms with Gasteiger partial charge in [0.15, 0.2) is 23.3 Å². The number of aromatic nitrogens is 2. The zero-order valence-electron chi connectivity index (χ0n) is 14.2. The SMILES string of the molecule is Cc1c([N+](=O)[O-])c([N+](=O)[O-])nn1CC(=O)Nc1c(F)c(F)c(C(F)(F)F)c(F)c1F. The van der Waals surface area contributed by atoms with Gasteiger partial charge in [0.25, 0.3) is 0 Å². The summed E-state index contributed by atoms with van der Waals surface area (Å²) in [5.74, 6) is -13.6. The van der Waals surface area contributed by atoms with Crippen molar-refractivity contribution in [3.63, 3.8) is 0 Å². The molecule has 0 fully saturated rings. The molecule has 1 N–H and O–H groups in total. The highest BCUT2D eigenvalue weighted by molar-refractivity contribution is 5.91. The van der Waals surface area contributed by atoms with Crippen LogP contribution in [-0.4, -0.2) is 25.5 Å². The highest BCUT2D eigenvalue weighted by atomic mass is 19.4. The Morgan fingerprint density at radius 1 is 1.03 bits per heavy atom. The molecule has 0 saturated carbocycles. The normalized spacial score (nSPS) is 11.5. The minimum absolute atomic E-state index is 0.373. The Bertz CT molecular complexity index is 1050. The van der Waals surface area contributed by atoms with Crippen molar-refractivity contribution < 1.29 is 45.4 Å². The monoisotopic (exact) mass is 445 g/mol. The molecule has 10 nitrogen and oxygen atoms in total. The molecule has 0 atom stereocenters. The van der Waals surface area contributed by atoms with Gasteiger partial charge in [-0.15, -0.1) is 0 Å². The summed E-state index contributed by atoms with van der Waals surface area (Å²) in [6.45, 7) is -0.242. The maximum absolute atomic E-state index is 13.8. The summed E-state index contributed by atoms with van der Waals surface area (Å²) in [4.78, 5) is 31.1. The Morgan fingerprint density at radius 2 is 1.53 bits per heavy atom. The van der Waals surface area contributed by atoms with E-state index in [0.29, 0.717) is 4.68 Å². The molecule has 0 unspecified atom stereocenters. The van der Waals surface area contributed by atoms with E-state index in [9.17, 15) is 55.8 Å². The molecule has 0 aliphatic rings. The molecule has 0 aliphatic heterocycles. The second kappa shape index (κ2) is 7.56. The first-order valence-electron chi connectivity index (χ1n) is 7.27. The van der Waals surface area contributed by atoms with Gasteiger partial charge in [-0.3, -0.25) is 14.9 Å². The van der Waals surface area contributed by atoms with Crippen LogP contribution in [0.3, 0.4) is 0 Å². The molecule has 1 aromatic heterocycles. The Hall–Kier alpha value is -3.79. The van der Waals surface area contributed by atoms with Crippen molar-refractivity contribution in [3.8, 4) is 0 Å². The van der Waals surface area contributed by atoms with Gasteiger partial charge in [-0.1, -0.05) is 0 Å². The number of halogens is 7. The van der Waals surface area contributed by atoms with Crippen LogP contribution in [-0.2, 0) is 17.5 Å². The average molecular weight is 445 g/mol. The summed E-state index contributed by atoms with van der Waals surface area (Å²) in [5, 5.41) is 26.1. The van der Waals surface area contributed by atoms with Crippen molar-refractivity contribution in [2.45, 2.75) is 19.6 Å². The predicted molar refractivity (Wildman–Crippen MR) is 80.2 cm³/mol. The number of anilines is 1. The lowest BCUT2D eigenvalue weighted by Crippen LogP contribution is -2.24. The van der Waals surface area contributed by atoms with Crippen LogP contribution in [0.25, 0.3) is 0 Å². The van der Waals surface area contributed by atoms with Gasteiger partial charge in [0, 0.05) is 0 Å². The van der Waals surface area contributed by atoms with E-state index in [4.69, 9.17) is 0 Å². The Kier molecular flexibility index (Phi) is 5.67. The van der Waals surface area contributed by atoms with Gasteiger partial charge in [0.2, 0.25) is 5.91 Å². The number of benzene rings is 1. The van der Waals surface area contributed by atoms with Crippen molar-refractivity contribution in [1.29, 1.82) is 0 Å². The number of nitro groups is 2. The molecule has 17 heteroatoms. The summed E-state index contributed by atoms with van der Waals surface area (Å²) >= 11 is 0. The first-order valence-corrected chi connectivity index (χ1v) is 7.27. The molecule has 2 rings (SSSR count). The molecule has 0 bridgehead atoms. The third-order valence-corrected chi connectivity index (χ3v) is 3.62. The van der Waals surface area contributed by atoms with Gasteiger partial charge < -0.3 is 15.4 Å². The van der Waals surface area contributed by atoms with E-state index in [1.54, 1.807) is 0 Å². The fraction of sp³-hybridized carbons (Fsp3) is 0.231. The lowest BCUT2D eigenvalue weighted by molar-refractivity contribution is -0.424. The first kappa shape index (κ1) is 22.5. The van der Waals surface area contributed by atoms with Crippen molar-refractivity contribution in [2.75, 3.05) is 5.32 Å². The van der Waals surface area contributed by atoms with Gasteiger partial charge >= 0.3 is 17.7 Å². The van der Waals surface area contributed by atoms with Crippen molar-refractivity contribution in [3.05, 3.63) is 54.8 Å². The summed E-state index contributed by atoms with van der Waals surface area (Å²) in [5.41, 5.74) is -6.40. The Morgan fingerprint density at radius 3 is 1.90 bits per heavy atom. The maximum Gasteiger partial charge on any atom is 0.468 e. The number of carbonyl (C=O) groups excluding carboxylic acids is 1. The summed E-state index contributed by atoms with van der Waals surface area (Å²) < 4.78 is 92.7. The van der Waals surface area contributed by atoms with Crippen LogP contribution in [0, 0.1) is 50.4 Å². The fourth-order valence-electron chi connectivity index (χ4n) is 2.32. The fourth-order valence-corrected chi connectivity index (χ4v) is 2.32. The molecular formula is C13H6F7N5O5. The number of hydrogen-bond acceptors (Lipinski definition) is 6. The van der Waals surface area contributed by atoms with Crippen LogP contribution in [0.4, 0.5) is 47.9 Å². The smallest absolute Gasteiger partial charge is 0.358 e. The molecule has 0 aliphatic carbocycles. The highest BCUT2D eigenvalue weighted by Gasteiger charge is 2.43. The Balaban J connectivity index is 2.42. The van der Waals surface area contributed by atoms with Gasteiger partial charge in [0.05, 0.1) is 10.0 Å². The van der Waals surface area contributed by atoms with Crippen LogP contribution < -0.4 is 5.32 Å². The third kappa shape index (κ3) is 3.85. The second-order valence-corrected chi connectivity index (χ2v) is 5.48. The van der Waals surface area contributed by atoms with Crippen LogP contribution in [0.15, 0.2) is 0 Å². The number of carbonyl (C=O) groups is 1. The van der Waals surface area contributed by atoms with E-state index in [0.717, 1.165) is 6.92 Å². The van der Waals surface area contributed by atoms with Crippen molar-refractivity contribution in [1.82, 2.24) is 9.78 Å². The Labute approximate surface area is 159 Å². The summed E-state index contributed by atoms with van der Waals surface area (Å²) in [6, 6.07) is 0. The van der Waals surface area contributed by atoms with Crippen LogP contribution in [0.2, 0.25) is 0 Å². The maximum atomic E-state index is 13.8. The minimum Gasteiger partial charge on any atom is -0.358 e. The molecule has 0 saturated heterocycles. The van der Waals surface area contributed by atoms with Gasteiger partial charge in [-0.05, 0) is 11.8 Å². The van der Waals surface area contributed by atoms with E-state index in [1.807, 2.05) is 0 Å². The van der Waals surface area contributed by atoms with Crippen LogP contribution in [0.5, 0.6) is 0 Å². The quantitative estimate of drug-likeness (QED) is 0.325. The van der Waals surface area contributed by atoms with E-state index in [2.05, 4.69) is 5.10 Å². The van der Waals surface area contributed by atoms with Gasteiger partial charge in [0.1, 0.15) is 23.5 Å². The first-order chi connectivity index (χ1) is 13.7. The molecule has 1 aromatic carbocycles.